The van der Waals surface area contributed by atoms with E-state index >= 15 is 0 Å². The minimum absolute atomic E-state index is 0.487. The van der Waals surface area contributed by atoms with Crippen LogP contribution in [0.15, 0.2) is 18.2 Å². The van der Waals surface area contributed by atoms with Gasteiger partial charge < -0.3 is 0 Å². The third kappa shape index (κ3) is 1.56. The Morgan fingerprint density at radius 1 is 1.07 bits per heavy atom. The van der Waals surface area contributed by atoms with Crippen LogP contribution < -0.4 is 0 Å². The van der Waals surface area contributed by atoms with E-state index < -0.39 is 0 Å². The number of pyridine rings is 1. The summed E-state index contributed by atoms with van der Waals surface area (Å²) in [5, 5.41) is 2.41. The SMILES string of the molecule is Cc1nc2ccc(Cl)cc2c(Cl)c1Cl. The van der Waals surface area contributed by atoms with Crippen molar-refractivity contribution in [3.05, 3.63) is 39.0 Å². The van der Waals surface area contributed by atoms with E-state index in [0.717, 1.165) is 16.6 Å². The topological polar surface area (TPSA) is 12.9 Å². The molecule has 0 spiro atoms. The fourth-order valence-electron chi connectivity index (χ4n) is 1.29. The zero-order valence-corrected chi connectivity index (χ0v) is 9.58. The molecule has 2 rings (SSSR count). The molecule has 0 aliphatic rings. The first kappa shape index (κ1) is 10.0. The van der Waals surface area contributed by atoms with Crippen molar-refractivity contribution in [1.29, 1.82) is 0 Å². The first-order chi connectivity index (χ1) is 6.59. The lowest BCUT2D eigenvalue weighted by Crippen LogP contribution is -1.87. The van der Waals surface area contributed by atoms with Crippen molar-refractivity contribution in [2.75, 3.05) is 0 Å². The molecule has 0 fully saturated rings. The molecular formula is C10H6Cl3N. The molecule has 0 atom stereocenters. The average Bonchev–Trinajstić information content (AvgIpc) is 2.16. The number of halogens is 3. The van der Waals surface area contributed by atoms with E-state index in [2.05, 4.69) is 4.98 Å². The Bertz CT molecular complexity index is 508. The standard InChI is InChI=1S/C10H6Cl3N/c1-5-9(12)10(13)7-4-6(11)2-3-8(7)14-5/h2-4H,1H3. The quantitative estimate of drug-likeness (QED) is 0.667. The largest absolute Gasteiger partial charge is 0.251 e. The van der Waals surface area contributed by atoms with E-state index in [1.165, 1.54) is 0 Å². The summed E-state index contributed by atoms with van der Waals surface area (Å²) in [5.41, 5.74) is 1.53. The molecule has 1 nitrogen and oxygen atoms in total. The minimum Gasteiger partial charge on any atom is -0.251 e. The Hall–Kier alpha value is -0.500. The van der Waals surface area contributed by atoms with Crippen molar-refractivity contribution in [2.24, 2.45) is 0 Å². The van der Waals surface area contributed by atoms with Crippen LogP contribution in [0.25, 0.3) is 10.9 Å². The van der Waals surface area contributed by atoms with Crippen LogP contribution in [0.2, 0.25) is 15.1 Å². The Kier molecular flexibility index (Phi) is 2.56. The molecule has 0 unspecified atom stereocenters. The Balaban J connectivity index is 2.92. The van der Waals surface area contributed by atoms with Crippen molar-refractivity contribution >= 4 is 45.7 Å². The highest BCUT2D eigenvalue weighted by Crippen LogP contribution is 2.32. The van der Waals surface area contributed by atoms with Gasteiger partial charge in [-0.3, -0.25) is 4.98 Å². The molecule has 0 saturated heterocycles. The van der Waals surface area contributed by atoms with Crippen LogP contribution in [0.5, 0.6) is 0 Å². The summed E-state index contributed by atoms with van der Waals surface area (Å²) >= 11 is 17.9. The molecule has 1 heterocycles. The monoisotopic (exact) mass is 245 g/mol. The molecule has 0 N–H and O–H groups in total. The third-order valence-corrected chi connectivity index (χ3v) is 3.18. The predicted octanol–water partition coefficient (Wildman–Crippen LogP) is 4.50. The summed E-state index contributed by atoms with van der Waals surface area (Å²) < 4.78 is 0. The van der Waals surface area contributed by atoms with E-state index in [9.17, 15) is 0 Å². The molecule has 1 aromatic heterocycles. The van der Waals surface area contributed by atoms with Gasteiger partial charge in [-0.25, -0.2) is 0 Å². The van der Waals surface area contributed by atoms with Gasteiger partial charge in [0.1, 0.15) is 0 Å². The number of nitrogens with zero attached hydrogens (tertiary/aromatic N) is 1. The van der Waals surface area contributed by atoms with Gasteiger partial charge in [0.05, 0.1) is 21.3 Å². The molecule has 2 aromatic rings. The molecule has 0 saturated carbocycles. The maximum atomic E-state index is 6.07. The molecule has 0 aliphatic heterocycles. The normalized spacial score (nSPS) is 10.9. The number of fused-ring (bicyclic) bond motifs is 1. The molecule has 1 aromatic carbocycles. The number of hydrogen-bond donors (Lipinski definition) is 0. The van der Waals surface area contributed by atoms with Crippen LogP contribution in [0.3, 0.4) is 0 Å². The molecule has 72 valence electrons. The van der Waals surface area contributed by atoms with E-state index in [-0.39, 0.29) is 0 Å². The van der Waals surface area contributed by atoms with Gasteiger partial charge in [-0.05, 0) is 25.1 Å². The molecule has 0 aliphatic carbocycles. The van der Waals surface area contributed by atoms with Crippen LogP contribution >= 0.6 is 34.8 Å². The molecule has 0 amide bonds. The summed E-state index contributed by atoms with van der Waals surface area (Å²) in [6.07, 6.45) is 0. The van der Waals surface area contributed by atoms with Gasteiger partial charge in [-0.2, -0.15) is 0 Å². The zero-order valence-electron chi connectivity index (χ0n) is 7.31. The van der Waals surface area contributed by atoms with Gasteiger partial charge in [0, 0.05) is 10.4 Å². The molecule has 0 radical (unpaired) electrons. The lowest BCUT2D eigenvalue weighted by atomic mass is 10.2. The fraction of sp³-hybridized carbons (Fsp3) is 0.100. The summed E-state index contributed by atoms with van der Waals surface area (Å²) in [7, 11) is 0. The Morgan fingerprint density at radius 2 is 1.79 bits per heavy atom. The molecule has 0 bridgehead atoms. The smallest absolute Gasteiger partial charge is 0.0811 e. The maximum absolute atomic E-state index is 6.07. The lowest BCUT2D eigenvalue weighted by molar-refractivity contribution is 1.26. The van der Waals surface area contributed by atoms with E-state index in [1.807, 2.05) is 13.0 Å². The zero-order chi connectivity index (χ0) is 10.3. The van der Waals surface area contributed by atoms with Crippen molar-refractivity contribution < 1.29 is 0 Å². The second kappa shape index (κ2) is 3.58. The fourth-order valence-corrected chi connectivity index (χ4v) is 1.89. The first-order valence-corrected chi connectivity index (χ1v) is 5.14. The van der Waals surface area contributed by atoms with Crippen molar-refractivity contribution in [3.63, 3.8) is 0 Å². The van der Waals surface area contributed by atoms with Crippen molar-refractivity contribution in [3.8, 4) is 0 Å². The number of aromatic nitrogens is 1. The first-order valence-electron chi connectivity index (χ1n) is 4.00. The maximum Gasteiger partial charge on any atom is 0.0811 e. The van der Waals surface area contributed by atoms with Crippen LogP contribution in [0.1, 0.15) is 5.69 Å². The second-order valence-corrected chi connectivity index (χ2v) is 4.18. The van der Waals surface area contributed by atoms with Gasteiger partial charge in [0.2, 0.25) is 0 Å². The van der Waals surface area contributed by atoms with E-state index in [1.54, 1.807) is 12.1 Å². The van der Waals surface area contributed by atoms with Crippen LogP contribution in [0, 0.1) is 6.92 Å². The lowest BCUT2D eigenvalue weighted by Gasteiger charge is -2.05. The van der Waals surface area contributed by atoms with Gasteiger partial charge >= 0.3 is 0 Å². The summed E-state index contributed by atoms with van der Waals surface area (Å²) in [4.78, 5) is 4.30. The predicted molar refractivity (Wildman–Crippen MR) is 61.5 cm³/mol. The van der Waals surface area contributed by atoms with E-state index in [0.29, 0.717) is 15.1 Å². The van der Waals surface area contributed by atoms with Gasteiger partial charge in [0.15, 0.2) is 0 Å². The van der Waals surface area contributed by atoms with Gasteiger partial charge in [0.25, 0.3) is 0 Å². The van der Waals surface area contributed by atoms with Crippen molar-refractivity contribution in [2.45, 2.75) is 6.92 Å². The Labute approximate surface area is 96.6 Å². The molecule has 14 heavy (non-hydrogen) atoms. The van der Waals surface area contributed by atoms with Crippen LogP contribution in [-0.2, 0) is 0 Å². The third-order valence-electron chi connectivity index (χ3n) is 1.99. The number of aryl methyl sites for hydroxylation is 1. The number of hydrogen-bond acceptors (Lipinski definition) is 1. The van der Waals surface area contributed by atoms with Gasteiger partial charge in [-0.1, -0.05) is 34.8 Å². The van der Waals surface area contributed by atoms with Crippen molar-refractivity contribution in [1.82, 2.24) is 4.98 Å². The Morgan fingerprint density at radius 3 is 2.50 bits per heavy atom. The minimum atomic E-state index is 0.487. The van der Waals surface area contributed by atoms with Crippen LogP contribution in [0.4, 0.5) is 0 Å². The van der Waals surface area contributed by atoms with E-state index in [4.69, 9.17) is 34.8 Å². The van der Waals surface area contributed by atoms with Crippen LogP contribution in [-0.4, -0.2) is 4.98 Å². The average molecular weight is 247 g/mol. The molecule has 4 heteroatoms. The highest BCUT2D eigenvalue weighted by Gasteiger charge is 2.08. The summed E-state index contributed by atoms with van der Waals surface area (Å²) in [6, 6.07) is 5.37. The summed E-state index contributed by atoms with van der Waals surface area (Å²) in [5.74, 6) is 0. The molecular weight excluding hydrogens is 240 g/mol. The number of rotatable bonds is 0. The highest BCUT2D eigenvalue weighted by atomic mass is 35.5. The number of benzene rings is 1. The second-order valence-electron chi connectivity index (χ2n) is 2.99. The highest BCUT2D eigenvalue weighted by molar-refractivity contribution is 6.45. The summed E-state index contributed by atoms with van der Waals surface area (Å²) in [6.45, 7) is 1.82. The van der Waals surface area contributed by atoms with Gasteiger partial charge in [-0.15, -0.1) is 0 Å².